The van der Waals surface area contributed by atoms with Gasteiger partial charge in [0.25, 0.3) is 10.2 Å². The van der Waals surface area contributed by atoms with E-state index in [-0.39, 0.29) is 27.9 Å². The smallest absolute Gasteiger partial charge is 0.277 e. The maximum atomic E-state index is 13.3. The molecular weight excluding hydrogens is 461 g/mol. The van der Waals surface area contributed by atoms with Crippen LogP contribution in [-0.4, -0.2) is 53.2 Å². The summed E-state index contributed by atoms with van der Waals surface area (Å²) in [4.78, 5) is 0. The van der Waals surface area contributed by atoms with Crippen molar-refractivity contribution in [2.24, 2.45) is 10.3 Å². The van der Waals surface area contributed by atoms with Crippen LogP contribution in [0.4, 0.5) is 15.9 Å². The molecule has 14 heteroatoms. The Morgan fingerprint density at radius 1 is 1.50 bits per heavy atom. The van der Waals surface area contributed by atoms with Gasteiger partial charge in [-0.1, -0.05) is 5.16 Å². The van der Waals surface area contributed by atoms with Gasteiger partial charge in [0.1, 0.15) is 5.82 Å². The van der Waals surface area contributed by atoms with Gasteiger partial charge in [-0.05, 0) is 57.3 Å². The van der Waals surface area contributed by atoms with Crippen molar-refractivity contribution >= 4 is 43.5 Å². The molecule has 0 amide bonds. The van der Waals surface area contributed by atoms with Gasteiger partial charge in [0, 0.05) is 24.8 Å². The number of benzene rings is 1. The van der Waals surface area contributed by atoms with Gasteiger partial charge in [-0.3, -0.25) is 0 Å². The van der Waals surface area contributed by atoms with E-state index in [2.05, 4.69) is 42.0 Å². The molecule has 2 heterocycles. The van der Waals surface area contributed by atoms with E-state index in [1.807, 2.05) is 0 Å². The van der Waals surface area contributed by atoms with Gasteiger partial charge < -0.3 is 15.8 Å². The maximum Gasteiger partial charge on any atom is 0.277 e. The first-order valence-electron chi connectivity index (χ1n) is 8.10. The molecule has 3 rings (SSSR count). The van der Waals surface area contributed by atoms with Gasteiger partial charge in [-0.2, -0.15) is 12.7 Å². The third kappa shape index (κ3) is 4.57. The molecule has 11 nitrogen and oxygen atoms in total. The molecule has 5 N–H and O–H groups in total. The molecular formula is C14H17BrFN7O4S. The van der Waals surface area contributed by atoms with Crippen LogP contribution in [0.25, 0.3) is 0 Å². The first kappa shape index (κ1) is 20.4. The lowest BCUT2D eigenvalue weighted by Gasteiger charge is -2.38. The molecule has 1 atom stereocenters. The van der Waals surface area contributed by atoms with E-state index >= 15 is 0 Å². The summed E-state index contributed by atoms with van der Waals surface area (Å²) in [5.41, 5.74) is 0.535. The zero-order valence-corrected chi connectivity index (χ0v) is 16.7. The molecule has 1 saturated heterocycles. The number of oxime groups is 1. The summed E-state index contributed by atoms with van der Waals surface area (Å²) in [6, 6.07) is 3.95. The Kier molecular flexibility index (Phi) is 6.12. The van der Waals surface area contributed by atoms with Gasteiger partial charge in [0.05, 0.1) is 4.47 Å². The Bertz CT molecular complexity index is 984. The van der Waals surface area contributed by atoms with Crippen molar-refractivity contribution in [2.45, 2.75) is 18.9 Å². The lowest BCUT2D eigenvalue weighted by molar-refractivity contribution is 0.192. The van der Waals surface area contributed by atoms with Crippen LogP contribution >= 0.6 is 15.9 Å². The fourth-order valence-corrected chi connectivity index (χ4v) is 4.06. The Morgan fingerprint density at radius 3 is 2.89 bits per heavy atom. The number of rotatable bonds is 7. The molecule has 0 saturated carbocycles. The highest BCUT2D eigenvalue weighted by molar-refractivity contribution is 9.10. The number of hydrogen-bond acceptors (Lipinski definition) is 8. The summed E-state index contributed by atoms with van der Waals surface area (Å²) in [6.07, 6.45) is 1.21. The monoisotopic (exact) mass is 477 g/mol. The number of aromatic nitrogens is 2. The van der Waals surface area contributed by atoms with Crippen molar-refractivity contribution < 1.29 is 22.6 Å². The van der Waals surface area contributed by atoms with Crippen molar-refractivity contribution in [3.05, 3.63) is 34.2 Å². The molecule has 2 aromatic rings. The van der Waals surface area contributed by atoms with E-state index in [0.717, 1.165) is 0 Å². The summed E-state index contributed by atoms with van der Waals surface area (Å²) in [6.45, 7) is 0.761. The van der Waals surface area contributed by atoms with Gasteiger partial charge in [0.15, 0.2) is 5.69 Å². The average Bonchev–Trinajstić information content (AvgIpc) is 3.05. The second-order valence-electron chi connectivity index (χ2n) is 5.98. The van der Waals surface area contributed by atoms with Crippen LogP contribution in [0.15, 0.2) is 32.5 Å². The molecule has 0 radical (unpaired) electrons. The van der Waals surface area contributed by atoms with Crippen molar-refractivity contribution in [1.82, 2.24) is 14.6 Å². The predicted molar refractivity (Wildman–Crippen MR) is 102 cm³/mol. The van der Waals surface area contributed by atoms with E-state index in [1.165, 1.54) is 22.5 Å². The largest absolute Gasteiger partial charge is 0.409 e. The van der Waals surface area contributed by atoms with Crippen LogP contribution in [0.1, 0.15) is 18.5 Å². The van der Waals surface area contributed by atoms with Crippen molar-refractivity contribution in [3.8, 4) is 0 Å². The normalized spacial score (nSPS) is 18.0. The number of halogens is 2. The first-order valence-corrected chi connectivity index (χ1v) is 10.4. The predicted octanol–water partition coefficient (Wildman–Crippen LogP) is 1.30. The summed E-state index contributed by atoms with van der Waals surface area (Å²) < 4.78 is 42.3. The quantitative estimate of drug-likeness (QED) is 0.201. The zero-order valence-electron chi connectivity index (χ0n) is 14.3. The van der Waals surface area contributed by atoms with Crippen molar-refractivity contribution in [1.29, 1.82) is 0 Å². The lowest BCUT2D eigenvalue weighted by atomic mass is 10.0. The summed E-state index contributed by atoms with van der Waals surface area (Å²) >= 11 is 3.07. The molecule has 152 valence electrons. The van der Waals surface area contributed by atoms with Crippen LogP contribution in [0.3, 0.4) is 0 Å². The van der Waals surface area contributed by atoms with Gasteiger partial charge in [-0.25, -0.2) is 14.2 Å². The minimum absolute atomic E-state index is 0.0722. The molecule has 0 bridgehead atoms. The van der Waals surface area contributed by atoms with Crippen molar-refractivity contribution in [2.75, 3.05) is 23.7 Å². The maximum absolute atomic E-state index is 13.3. The summed E-state index contributed by atoms with van der Waals surface area (Å²) in [5, 5.41) is 30.7. The first-order chi connectivity index (χ1) is 13.3. The van der Waals surface area contributed by atoms with Gasteiger partial charge in [0.2, 0.25) is 11.7 Å². The zero-order chi connectivity index (χ0) is 20.3. The van der Waals surface area contributed by atoms with E-state index < -0.39 is 16.0 Å². The Labute approximate surface area is 168 Å². The summed E-state index contributed by atoms with van der Waals surface area (Å²) in [7, 11) is -3.70. The van der Waals surface area contributed by atoms with Crippen LogP contribution in [0.5, 0.6) is 0 Å². The Hall–Kier alpha value is -2.29. The molecule has 1 aromatic carbocycles. The molecule has 1 aliphatic heterocycles. The SMILES string of the molecule is NS(=O)(=O)N1CCC1CCNc1nonc1/C(=N/O)Nc1ccc(F)c(Br)c1. The minimum Gasteiger partial charge on any atom is -0.409 e. The highest BCUT2D eigenvalue weighted by atomic mass is 79.9. The highest BCUT2D eigenvalue weighted by Crippen LogP contribution is 2.23. The molecule has 0 spiro atoms. The van der Waals surface area contributed by atoms with Crippen LogP contribution in [-0.2, 0) is 10.2 Å². The molecule has 28 heavy (non-hydrogen) atoms. The van der Waals surface area contributed by atoms with Gasteiger partial charge >= 0.3 is 0 Å². The topological polar surface area (TPSA) is 159 Å². The number of nitrogens with one attached hydrogen (secondary N) is 2. The van der Waals surface area contributed by atoms with E-state index in [1.54, 1.807) is 0 Å². The third-order valence-electron chi connectivity index (χ3n) is 4.18. The van der Waals surface area contributed by atoms with Crippen LogP contribution in [0.2, 0.25) is 0 Å². The van der Waals surface area contributed by atoms with Crippen LogP contribution in [0, 0.1) is 5.82 Å². The fraction of sp³-hybridized carbons (Fsp3) is 0.357. The number of amidine groups is 1. The third-order valence-corrected chi connectivity index (χ3v) is 5.92. The number of nitrogens with two attached hydrogens (primary N) is 1. The molecule has 1 unspecified atom stereocenters. The standard InChI is InChI=1S/C14H17BrFN7O4S/c15-10-7-8(1-2-11(10)16)19-14(20-24)12-13(22-27-21-12)18-5-3-9-4-6-23(9)28(17,25)26/h1-2,7,9,24H,3-6H2,(H,18,22)(H,19,20)(H2,17,25,26). The Morgan fingerprint density at radius 2 is 2.29 bits per heavy atom. The Balaban J connectivity index is 1.62. The van der Waals surface area contributed by atoms with E-state index in [4.69, 9.17) is 9.77 Å². The van der Waals surface area contributed by atoms with Gasteiger partial charge in [-0.15, -0.1) is 0 Å². The minimum atomic E-state index is -3.70. The highest BCUT2D eigenvalue weighted by Gasteiger charge is 2.35. The second kappa shape index (κ2) is 8.38. The van der Waals surface area contributed by atoms with Crippen molar-refractivity contribution in [3.63, 3.8) is 0 Å². The summed E-state index contributed by atoms with van der Waals surface area (Å²) in [5.74, 6) is -0.317. The number of hydrogen-bond donors (Lipinski definition) is 4. The van der Waals surface area contributed by atoms with Crippen LogP contribution < -0.4 is 15.8 Å². The molecule has 1 aromatic heterocycles. The molecule has 1 fully saturated rings. The average molecular weight is 478 g/mol. The molecule has 0 aliphatic carbocycles. The number of nitrogens with zero attached hydrogens (tertiary/aromatic N) is 4. The second-order valence-corrected chi connectivity index (χ2v) is 8.33. The number of anilines is 2. The molecule has 1 aliphatic rings. The fourth-order valence-electron chi connectivity index (χ4n) is 2.70. The van der Waals surface area contributed by atoms with E-state index in [0.29, 0.717) is 31.6 Å². The lowest BCUT2D eigenvalue weighted by Crippen LogP contribution is -2.54. The van der Waals surface area contributed by atoms with E-state index in [9.17, 15) is 18.0 Å².